The number of hydrogen-bond donors (Lipinski definition) is 1. The summed E-state index contributed by atoms with van der Waals surface area (Å²) in [5.41, 5.74) is 0.662. The summed E-state index contributed by atoms with van der Waals surface area (Å²) in [4.78, 5) is 4.03. The van der Waals surface area contributed by atoms with Crippen molar-refractivity contribution in [3.63, 3.8) is 0 Å². The van der Waals surface area contributed by atoms with Crippen LogP contribution >= 0.6 is 0 Å². The molecule has 0 spiro atoms. The summed E-state index contributed by atoms with van der Waals surface area (Å²) >= 11 is 0. The molecule has 0 aliphatic carbocycles. The van der Waals surface area contributed by atoms with Crippen LogP contribution in [0.3, 0.4) is 0 Å². The minimum absolute atomic E-state index is 0. The Hall–Kier alpha value is -0.154. The van der Waals surface area contributed by atoms with Gasteiger partial charge in [-0.2, -0.15) is 0 Å². The zero-order valence-corrected chi connectivity index (χ0v) is 11.5. The van der Waals surface area contributed by atoms with Gasteiger partial charge in [-0.3, -0.25) is 4.98 Å². The van der Waals surface area contributed by atoms with Gasteiger partial charge in [0.15, 0.2) is 0 Å². The van der Waals surface area contributed by atoms with E-state index in [1.807, 2.05) is 18.2 Å². The third kappa shape index (κ3) is 2.64. The topological polar surface area (TPSA) is 33.1 Å². The Kier molecular flexibility index (Phi) is 5.48. The molecule has 0 unspecified atom stereocenters. The number of aromatic hydroxyl groups is 1. The van der Waals surface area contributed by atoms with E-state index in [1.54, 1.807) is 18.3 Å². The average molecular weight is 381 g/mol. The molecule has 0 saturated carbocycles. The fourth-order valence-electron chi connectivity index (χ4n) is 1.09. The van der Waals surface area contributed by atoms with Crippen molar-refractivity contribution < 1.29 is 5.11 Å². The molecule has 1 aromatic heterocycles. The van der Waals surface area contributed by atoms with Crippen molar-refractivity contribution in [2.45, 2.75) is 0 Å². The van der Waals surface area contributed by atoms with Gasteiger partial charge in [-0.25, -0.2) is 0 Å². The van der Waals surface area contributed by atoms with Crippen LogP contribution in [0, 0.1) is 0 Å². The fourth-order valence-corrected chi connectivity index (χ4v) is 1.09. The molecule has 0 atom stereocenters. The van der Waals surface area contributed by atoms with Crippen LogP contribution in [-0.4, -0.2) is 53.7 Å². The number of hydrogen-bond acceptors (Lipinski definition) is 2. The van der Waals surface area contributed by atoms with Crippen LogP contribution in [0.25, 0.3) is 10.9 Å². The molecule has 0 amide bonds. The zero-order valence-electron chi connectivity index (χ0n) is 6.88. The molecule has 1 aromatic carbocycles. The molecular formula is C9H7AlBiNO+6. The number of pyridine rings is 1. The van der Waals surface area contributed by atoms with E-state index in [1.165, 1.54) is 0 Å². The van der Waals surface area contributed by atoms with Crippen LogP contribution in [0.15, 0.2) is 36.5 Å². The Morgan fingerprint density at radius 1 is 1.08 bits per heavy atom. The van der Waals surface area contributed by atoms with Crippen LogP contribution in [0.5, 0.6) is 5.75 Å². The Labute approximate surface area is 106 Å². The molecule has 2 nitrogen and oxygen atoms in total. The van der Waals surface area contributed by atoms with Crippen molar-refractivity contribution in [3.8, 4) is 5.75 Å². The molecular weight excluding hydrogens is 374 g/mol. The maximum atomic E-state index is 9.31. The summed E-state index contributed by atoms with van der Waals surface area (Å²) in [5, 5.41) is 10.3. The van der Waals surface area contributed by atoms with Crippen LogP contribution in [0.2, 0.25) is 0 Å². The van der Waals surface area contributed by atoms with Gasteiger partial charge in [-0.15, -0.1) is 0 Å². The maximum absolute atomic E-state index is 9.31. The van der Waals surface area contributed by atoms with Gasteiger partial charge in [0, 0.05) is 11.6 Å². The van der Waals surface area contributed by atoms with Crippen molar-refractivity contribution >= 4 is 54.5 Å². The quantitative estimate of drug-likeness (QED) is 0.696. The van der Waals surface area contributed by atoms with Crippen molar-refractivity contribution in [1.82, 2.24) is 4.98 Å². The molecule has 0 aliphatic rings. The first-order chi connectivity index (χ1) is 5.38. The van der Waals surface area contributed by atoms with E-state index in [9.17, 15) is 5.11 Å². The first-order valence-corrected chi connectivity index (χ1v) is 3.40. The summed E-state index contributed by atoms with van der Waals surface area (Å²) < 4.78 is 0. The number of phenols is 1. The van der Waals surface area contributed by atoms with E-state index >= 15 is 0 Å². The molecule has 2 rings (SSSR count). The van der Waals surface area contributed by atoms with Gasteiger partial charge in [0.05, 0.1) is 0 Å². The minimum atomic E-state index is 0. The summed E-state index contributed by atoms with van der Waals surface area (Å²) in [5.74, 6) is 0.239. The second-order valence-corrected chi connectivity index (χ2v) is 2.35. The molecule has 1 N–H and O–H groups in total. The van der Waals surface area contributed by atoms with Crippen molar-refractivity contribution in [3.05, 3.63) is 36.5 Å². The molecule has 2 radical (unpaired) electrons. The number of aromatic nitrogens is 1. The van der Waals surface area contributed by atoms with E-state index in [-0.39, 0.29) is 49.3 Å². The Morgan fingerprint density at radius 3 is 2.46 bits per heavy atom. The molecule has 4 heteroatoms. The largest absolute Gasteiger partial charge is 3.00 e. The van der Waals surface area contributed by atoms with E-state index in [0.29, 0.717) is 5.52 Å². The molecule has 0 saturated heterocycles. The minimum Gasteiger partial charge on any atom is -0.506 e. The fraction of sp³-hybridized carbons (Fsp3) is 0. The number of rotatable bonds is 0. The van der Waals surface area contributed by atoms with Gasteiger partial charge in [0.1, 0.15) is 11.3 Å². The number of para-hydroxylation sites is 1. The Bertz CT molecular complexity index is 389. The summed E-state index contributed by atoms with van der Waals surface area (Å²) in [7, 11) is 0. The molecule has 0 bridgehead atoms. The third-order valence-electron chi connectivity index (χ3n) is 1.61. The van der Waals surface area contributed by atoms with Gasteiger partial charge in [0.25, 0.3) is 0 Å². The summed E-state index contributed by atoms with van der Waals surface area (Å²) in [6.07, 6.45) is 1.67. The molecule has 1 heterocycles. The summed E-state index contributed by atoms with van der Waals surface area (Å²) in [6, 6.07) is 9.13. The second-order valence-electron chi connectivity index (χ2n) is 2.35. The average Bonchev–Trinajstić information content (AvgIpc) is 2.06. The third-order valence-corrected chi connectivity index (χ3v) is 1.61. The number of fused-ring (bicyclic) bond motifs is 1. The molecule has 2 aromatic rings. The first-order valence-electron chi connectivity index (χ1n) is 3.40. The normalized spacial score (nSPS) is 8.62. The van der Waals surface area contributed by atoms with Crippen LogP contribution in [0.4, 0.5) is 0 Å². The van der Waals surface area contributed by atoms with Gasteiger partial charge in [-0.1, -0.05) is 18.2 Å². The van der Waals surface area contributed by atoms with Gasteiger partial charge < -0.3 is 5.11 Å². The molecule has 0 fully saturated rings. The van der Waals surface area contributed by atoms with Gasteiger partial charge in [0.2, 0.25) is 0 Å². The van der Waals surface area contributed by atoms with Crippen molar-refractivity contribution in [2.75, 3.05) is 0 Å². The SMILES string of the molecule is Oc1cccc2cccnc12.[Al+3].[Bi+3]. The van der Waals surface area contributed by atoms with Crippen molar-refractivity contribution in [1.29, 1.82) is 0 Å². The number of benzene rings is 1. The van der Waals surface area contributed by atoms with E-state index < -0.39 is 0 Å². The van der Waals surface area contributed by atoms with Crippen LogP contribution in [0.1, 0.15) is 0 Å². The van der Waals surface area contributed by atoms with Gasteiger partial charge in [-0.05, 0) is 12.1 Å². The zero-order chi connectivity index (χ0) is 7.68. The predicted octanol–water partition coefficient (Wildman–Crippen LogP) is 1.18. The first kappa shape index (κ1) is 12.8. The molecule has 56 valence electrons. The van der Waals surface area contributed by atoms with E-state index in [4.69, 9.17) is 0 Å². The number of nitrogens with zero attached hydrogens (tertiary/aromatic N) is 1. The molecule has 13 heavy (non-hydrogen) atoms. The van der Waals surface area contributed by atoms with Crippen molar-refractivity contribution in [2.24, 2.45) is 0 Å². The number of phenolic OH excluding ortho intramolecular Hbond substituents is 1. The smallest absolute Gasteiger partial charge is 0.506 e. The van der Waals surface area contributed by atoms with Crippen LogP contribution in [-0.2, 0) is 0 Å². The predicted molar refractivity (Wildman–Crippen MR) is 54.9 cm³/mol. The standard InChI is InChI=1S/C9H7NO.Al.Bi/c11-8-5-1-3-7-4-2-6-10-9(7)8;;/h1-6,11H;;/q;2*+3. The Balaban J connectivity index is 0.000000720. The monoisotopic (exact) mass is 381 g/mol. The summed E-state index contributed by atoms with van der Waals surface area (Å²) in [6.45, 7) is 0. The maximum Gasteiger partial charge on any atom is 3.00 e. The van der Waals surface area contributed by atoms with E-state index in [0.717, 1.165) is 5.39 Å². The van der Waals surface area contributed by atoms with E-state index in [2.05, 4.69) is 4.98 Å². The second kappa shape index (κ2) is 5.55. The molecule has 0 aliphatic heterocycles. The van der Waals surface area contributed by atoms with Gasteiger partial charge >= 0.3 is 43.6 Å². The van der Waals surface area contributed by atoms with Crippen LogP contribution < -0.4 is 0 Å². The Morgan fingerprint density at radius 2 is 1.77 bits per heavy atom.